The average Bonchev–Trinajstić information content (AvgIpc) is 2.68. The van der Waals surface area contributed by atoms with Gasteiger partial charge in [-0.15, -0.1) is 0 Å². The summed E-state index contributed by atoms with van der Waals surface area (Å²) in [5, 5.41) is 10.1. The van der Waals surface area contributed by atoms with Gasteiger partial charge >= 0.3 is 0 Å². The predicted molar refractivity (Wildman–Crippen MR) is 70.6 cm³/mol. The lowest BCUT2D eigenvalue weighted by molar-refractivity contribution is 0.415. The van der Waals surface area contributed by atoms with Gasteiger partial charge < -0.3 is 5.11 Å². The molecule has 3 aromatic rings. The zero-order valence-corrected chi connectivity index (χ0v) is 10.7. The number of hydrogen-bond acceptors (Lipinski definition) is 3. The van der Waals surface area contributed by atoms with Crippen LogP contribution in [0.5, 0.6) is 6.01 Å². The van der Waals surface area contributed by atoms with Gasteiger partial charge in [0.2, 0.25) is 0 Å². The Balaban J connectivity index is 2.38. The van der Waals surface area contributed by atoms with Gasteiger partial charge in [0.15, 0.2) is 5.65 Å². The van der Waals surface area contributed by atoms with Gasteiger partial charge in [-0.1, -0.05) is 23.7 Å². The summed E-state index contributed by atoms with van der Waals surface area (Å²) in [5.74, 6) is -0.321. The molecule has 0 aliphatic rings. The molecule has 6 heteroatoms. The molecule has 2 heterocycles. The van der Waals surface area contributed by atoms with Crippen molar-refractivity contribution in [1.29, 1.82) is 0 Å². The number of aromatic nitrogens is 3. The molecule has 0 aliphatic heterocycles. The first-order valence-corrected chi connectivity index (χ1v) is 5.91. The number of fused-ring (bicyclic) bond motifs is 1. The molecule has 2 aromatic heterocycles. The molecule has 0 saturated heterocycles. The van der Waals surface area contributed by atoms with E-state index in [1.54, 1.807) is 19.2 Å². The monoisotopic (exact) mass is 277 g/mol. The third kappa shape index (κ3) is 1.82. The lowest BCUT2D eigenvalue weighted by Gasteiger charge is -2.07. The Kier molecular flexibility index (Phi) is 2.64. The number of pyridine rings is 1. The normalized spacial score (nSPS) is 11.1. The summed E-state index contributed by atoms with van der Waals surface area (Å²) >= 11 is 6.18. The highest BCUT2D eigenvalue weighted by atomic mass is 35.5. The van der Waals surface area contributed by atoms with E-state index in [1.165, 1.54) is 22.9 Å². The lowest BCUT2D eigenvalue weighted by atomic mass is 10.1. The topological polar surface area (TPSA) is 50.9 Å². The highest BCUT2D eigenvalue weighted by molar-refractivity contribution is 6.34. The Morgan fingerprint density at radius 1 is 1.26 bits per heavy atom. The minimum atomic E-state index is -0.321. The molecule has 0 spiro atoms. The van der Waals surface area contributed by atoms with Gasteiger partial charge in [-0.05, 0) is 17.7 Å². The Bertz CT molecular complexity index is 768. The van der Waals surface area contributed by atoms with Crippen LogP contribution in [-0.4, -0.2) is 19.6 Å². The molecule has 0 aliphatic carbocycles. The molecule has 0 fully saturated rings. The highest BCUT2D eigenvalue weighted by Gasteiger charge is 2.16. The maximum absolute atomic E-state index is 13.0. The number of hydrogen-bond donors (Lipinski definition) is 1. The largest absolute Gasteiger partial charge is 0.480 e. The minimum Gasteiger partial charge on any atom is -0.480 e. The second-order valence-electron chi connectivity index (χ2n) is 4.13. The molecule has 3 rings (SSSR count). The number of rotatable bonds is 1. The third-order valence-electron chi connectivity index (χ3n) is 2.96. The second-order valence-corrected chi connectivity index (χ2v) is 4.54. The van der Waals surface area contributed by atoms with Crippen LogP contribution in [-0.2, 0) is 7.05 Å². The molecule has 4 nitrogen and oxygen atoms in total. The van der Waals surface area contributed by atoms with E-state index < -0.39 is 0 Å². The van der Waals surface area contributed by atoms with Crippen LogP contribution in [0.2, 0.25) is 5.02 Å². The lowest BCUT2D eigenvalue weighted by Crippen LogP contribution is -1.92. The van der Waals surface area contributed by atoms with E-state index in [4.69, 9.17) is 11.6 Å². The molecular formula is C13H9ClFN3O. The van der Waals surface area contributed by atoms with Crippen molar-refractivity contribution in [1.82, 2.24) is 14.5 Å². The van der Waals surface area contributed by atoms with Crippen LogP contribution in [0.1, 0.15) is 0 Å². The molecule has 0 atom stereocenters. The zero-order valence-electron chi connectivity index (χ0n) is 9.93. The molecule has 0 radical (unpaired) electrons. The SMILES string of the molecule is Cn1c(O)nc2ncc(Cl)c(-c3ccc(F)cc3)c21. The van der Waals surface area contributed by atoms with E-state index in [0.29, 0.717) is 21.7 Å². The van der Waals surface area contributed by atoms with E-state index in [0.717, 1.165) is 5.56 Å². The summed E-state index contributed by atoms with van der Waals surface area (Å²) < 4.78 is 14.5. The number of halogens is 2. The van der Waals surface area contributed by atoms with Gasteiger partial charge in [-0.25, -0.2) is 9.37 Å². The molecule has 96 valence electrons. The smallest absolute Gasteiger partial charge is 0.296 e. The summed E-state index contributed by atoms with van der Waals surface area (Å²) in [4.78, 5) is 8.00. The summed E-state index contributed by atoms with van der Waals surface area (Å²) in [5.41, 5.74) is 2.41. The molecule has 0 unspecified atom stereocenters. The first kappa shape index (κ1) is 11.9. The number of aryl methyl sites for hydroxylation is 1. The Labute approximate surface area is 113 Å². The molecule has 0 bridgehead atoms. The van der Waals surface area contributed by atoms with E-state index in [-0.39, 0.29) is 11.8 Å². The van der Waals surface area contributed by atoms with Crippen LogP contribution >= 0.6 is 11.6 Å². The Hall–Kier alpha value is -2.14. The van der Waals surface area contributed by atoms with Crippen LogP contribution in [0.15, 0.2) is 30.5 Å². The maximum Gasteiger partial charge on any atom is 0.296 e. The Morgan fingerprint density at radius 3 is 2.63 bits per heavy atom. The first-order chi connectivity index (χ1) is 9.08. The zero-order chi connectivity index (χ0) is 13.6. The van der Waals surface area contributed by atoms with Crippen molar-refractivity contribution in [3.63, 3.8) is 0 Å². The van der Waals surface area contributed by atoms with Gasteiger partial charge in [-0.3, -0.25) is 4.57 Å². The van der Waals surface area contributed by atoms with Crippen LogP contribution in [0.3, 0.4) is 0 Å². The standard InChI is InChI=1S/C13H9ClFN3O/c1-18-11-10(7-2-4-8(15)5-3-7)9(14)6-16-12(11)17-13(18)19/h2-6H,1H3,(H,16,17,19). The van der Waals surface area contributed by atoms with E-state index >= 15 is 0 Å². The maximum atomic E-state index is 13.0. The number of benzene rings is 1. The summed E-state index contributed by atoms with van der Waals surface area (Å²) in [7, 11) is 1.66. The fourth-order valence-electron chi connectivity index (χ4n) is 2.03. The van der Waals surface area contributed by atoms with Gasteiger partial charge in [0.1, 0.15) is 5.82 Å². The van der Waals surface area contributed by atoms with Crippen LogP contribution in [0.25, 0.3) is 22.3 Å². The number of imidazole rings is 1. The van der Waals surface area contributed by atoms with E-state index in [2.05, 4.69) is 9.97 Å². The fraction of sp³-hybridized carbons (Fsp3) is 0.0769. The van der Waals surface area contributed by atoms with Gasteiger partial charge in [0.05, 0.1) is 10.5 Å². The number of nitrogens with zero attached hydrogens (tertiary/aromatic N) is 3. The molecule has 0 saturated carbocycles. The van der Waals surface area contributed by atoms with E-state index in [1.807, 2.05) is 0 Å². The van der Waals surface area contributed by atoms with Gasteiger partial charge in [0.25, 0.3) is 6.01 Å². The van der Waals surface area contributed by atoms with Crippen molar-refractivity contribution in [2.45, 2.75) is 0 Å². The Morgan fingerprint density at radius 2 is 1.95 bits per heavy atom. The third-order valence-corrected chi connectivity index (χ3v) is 3.25. The second kappa shape index (κ2) is 4.20. The fourth-order valence-corrected chi connectivity index (χ4v) is 2.28. The van der Waals surface area contributed by atoms with Crippen LogP contribution in [0.4, 0.5) is 4.39 Å². The van der Waals surface area contributed by atoms with Crippen molar-refractivity contribution >= 4 is 22.8 Å². The quantitative estimate of drug-likeness (QED) is 0.743. The minimum absolute atomic E-state index is 0.145. The van der Waals surface area contributed by atoms with Crippen molar-refractivity contribution < 1.29 is 9.50 Å². The van der Waals surface area contributed by atoms with Crippen LogP contribution < -0.4 is 0 Å². The molecule has 1 aromatic carbocycles. The van der Waals surface area contributed by atoms with Crippen LogP contribution in [0, 0.1) is 5.82 Å². The summed E-state index contributed by atoms with van der Waals surface area (Å²) in [6.07, 6.45) is 1.47. The van der Waals surface area contributed by atoms with Crippen molar-refractivity contribution in [2.75, 3.05) is 0 Å². The average molecular weight is 278 g/mol. The first-order valence-electron chi connectivity index (χ1n) is 5.54. The summed E-state index contributed by atoms with van der Waals surface area (Å²) in [6.45, 7) is 0. The van der Waals surface area contributed by atoms with E-state index in [9.17, 15) is 9.50 Å². The molecule has 1 N–H and O–H groups in total. The summed E-state index contributed by atoms with van der Waals surface area (Å²) in [6, 6.07) is 5.82. The molecule has 19 heavy (non-hydrogen) atoms. The van der Waals surface area contributed by atoms with Gasteiger partial charge in [0, 0.05) is 18.8 Å². The van der Waals surface area contributed by atoms with Crippen molar-refractivity contribution in [2.24, 2.45) is 7.05 Å². The number of aromatic hydroxyl groups is 1. The van der Waals surface area contributed by atoms with Crippen molar-refractivity contribution in [3.8, 4) is 17.1 Å². The molecule has 0 amide bonds. The predicted octanol–water partition coefficient (Wildman–Crippen LogP) is 3.13. The highest BCUT2D eigenvalue weighted by Crippen LogP contribution is 2.35. The van der Waals surface area contributed by atoms with Crippen molar-refractivity contribution in [3.05, 3.63) is 41.3 Å². The van der Waals surface area contributed by atoms with Gasteiger partial charge in [-0.2, -0.15) is 4.98 Å². The molecular weight excluding hydrogens is 269 g/mol.